The first-order chi connectivity index (χ1) is 14.1. The van der Waals surface area contributed by atoms with Crippen LogP contribution in [0.4, 0.5) is 4.39 Å². The highest BCUT2D eigenvalue weighted by molar-refractivity contribution is 5.76. The van der Waals surface area contributed by atoms with Crippen LogP contribution >= 0.6 is 0 Å². The minimum absolute atomic E-state index is 0.186. The van der Waals surface area contributed by atoms with Crippen LogP contribution in [0.15, 0.2) is 42.5 Å². The molecule has 1 amide bonds. The Bertz CT molecular complexity index is 869. The van der Waals surface area contributed by atoms with Crippen molar-refractivity contribution in [2.75, 3.05) is 19.7 Å². The molecule has 29 heavy (non-hydrogen) atoms. The molecular weight excluding hydrogens is 369 g/mol. The van der Waals surface area contributed by atoms with E-state index < -0.39 is 0 Å². The number of nitrogens with zero attached hydrogens (tertiary/aromatic N) is 1. The number of fused-ring (bicyclic) bond motifs is 1. The van der Waals surface area contributed by atoms with Crippen LogP contribution in [0.1, 0.15) is 37.3 Å². The maximum atomic E-state index is 13.7. The Morgan fingerprint density at radius 1 is 1.28 bits per heavy atom. The minimum atomic E-state index is -0.342. The largest absolute Gasteiger partial charge is 0.490 e. The lowest BCUT2D eigenvalue weighted by Crippen LogP contribution is -2.41. The van der Waals surface area contributed by atoms with Crippen molar-refractivity contribution in [2.24, 2.45) is 5.92 Å². The number of rotatable bonds is 6. The Kier molecular flexibility index (Phi) is 6.02. The number of benzene rings is 2. The topological polar surface area (TPSA) is 38.8 Å². The van der Waals surface area contributed by atoms with Gasteiger partial charge in [0, 0.05) is 31.8 Å². The fraction of sp³-hybridized carbons (Fsp3) is 0.458. The van der Waals surface area contributed by atoms with Crippen LogP contribution < -0.4 is 9.47 Å². The minimum Gasteiger partial charge on any atom is -0.490 e. The van der Waals surface area contributed by atoms with E-state index in [1.807, 2.05) is 11.0 Å². The maximum Gasteiger partial charge on any atom is 0.222 e. The Balaban J connectivity index is 1.27. The summed E-state index contributed by atoms with van der Waals surface area (Å²) < 4.78 is 25.1. The van der Waals surface area contributed by atoms with Gasteiger partial charge in [0.2, 0.25) is 5.91 Å². The van der Waals surface area contributed by atoms with Gasteiger partial charge in [-0.15, -0.1) is 0 Å². The number of hydrogen-bond acceptors (Lipinski definition) is 3. The number of carbonyl (C=O) groups is 1. The van der Waals surface area contributed by atoms with Crippen LogP contribution in [0, 0.1) is 11.7 Å². The monoisotopic (exact) mass is 397 g/mol. The first-order valence-electron chi connectivity index (χ1n) is 10.5. The normalized spacial score (nSPS) is 20.8. The zero-order valence-electron chi connectivity index (χ0n) is 16.9. The molecule has 2 aromatic rings. The number of aryl methyl sites for hydroxylation is 1. The van der Waals surface area contributed by atoms with E-state index in [-0.39, 0.29) is 29.5 Å². The summed E-state index contributed by atoms with van der Waals surface area (Å²) in [6.07, 6.45) is 4.39. The molecule has 0 aliphatic carbocycles. The molecule has 2 aliphatic rings. The SMILES string of the molecule is CC1Cc2cc(CCC(=O)N3CCCC(COc4ccccc4F)C3)ccc2O1. The smallest absolute Gasteiger partial charge is 0.222 e. The van der Waals surface area contributed by atoms with Crippen molar-refractivity contribution in [1.82, 2.24) is 4.90 Å². The molecule has 2 unspecified atom stereocenters. The van der Waals surface area contributed by atoms with Gasteiger partial charge in [0.05, 0.1) is 6.61 Å². The number of hydrogen-bond donors (Lipinski definition) is 0. The summed E-state index contributed by atoms with van der Waals surface area (Å²) in [6, 6.07) is 12.7. The molecule has 2 aromatic carbocycles. The standard InChI is InChI=1S/C24H28FNO3/c1-17-13-20-14-18(8-10-22(20)29-17)9-11-24(27)26-12-4-5-19(15-26)16-28-23-7-3-2-6-21(23)25/h2-3,6-8,10,14,17,19H,4-5,9,11-13,15-16H2,1H3. The molecule has 0 aromatic heterocycles. The van der Waals surface area contributed by atoms with Gasteiger partial charge in [-0.2, -0.15) is 0 Å². The van der Waals surface area contributed by atoms with Crippen LogP contribution in [-0.2, 0) is 17.6 Å². The summed E-state index contributed by atoms with van der Waals surface area (Å²) >= 11 is 0. The highest BCUT2D eigenvalue weighted by atomic mass is 19.1. The van der Waals surface area contributed by atoms with Gasteiger partial charge in [-0.05, 0) is 55.5 Å². The van der Waals surface area contributed by atoms with Gasteiger partial charge in [-0.25, -0.2) is 4.39 Å². The van der Waals surface area contributed by atoms with E-state index in [0.717, 1.165) is 38.0 Å². The van der Waals surface area contributed by atoms with E-state index in [2.05, 4.69) is 19.1 Å². The second kappa shape index (κ2) is 8.85. The van der Waals surface area contributed by atoms with E-state index in [1.54, 1.807) is 18.2 Å². The Labute approximate surface area is 171 Å². The third-order valence-electron chi connectivity index (χ3n) is 5.77. The summed E-state index contributed by atoms with van der Waals surface area (Å²) in [5.41, 5.74) is 2.43. The summed E-state index contributed by atoms with van der Waals surface area (Å²) in [4.78, 5) is 14.7. The Morgan fingerprint density at radius 3 is 3.00 bits per heavy atom. The molecule has 5 heteroatoms. The summed E-state index contributed by atoms with van der Waals surface area (Å²) in [5.74, 6) is 1.34. The second-order valence-corrected chi connectivity index (χ2v) is 8.16. The zero-order chi connectivity index (χ0) is 20.2. The number of carbonyl (C=O) groups excluding carboxylic acids is 1. The van der Waals surface area contributed by atoms with Crippen molar-refractivity contribution < 1.29 is 18.7 Å². The Morgan fingerprint density at radius 2 is 2.14 bits per heavy atom. The van der Waals surface area contributed by atoms with Gasteiger partial charge in [-0.1, -0.05) is 24.3 Å². The summed E-state index contributed by atoms with van der Waals surface area (Å²) in [6.45, 7) is 3.99. The van der Waals surface area contributed by atoms with E-state index in [0.29, 0.717) is 19.6 Å². The quantitative estimate of drug-likeness (QED) is 0.725. The van der Waals surface area contributed by atoms with Crippen LogP contribution in [0.2, 0.25) is 0 Å². The van der Waals surface area contributed by atoms with Gasteiger partial charge in [0.25, 0.3) is 0 Å². The number of ether oxygens (including phenoxy) is 2. The molecule has 0 saturated carbocycles. The summed E-state index contributed by atoms with van der Waals surface area (Å²) in [5, 5.41) is 0. The lowest BCUT2D eigenvalue weighted by Gasteiger charge is -2.32. The molecule has 2 heterocycles. The lowest BCUT2D eigenvalue weighted by molar-refractivity contribution is -0.133. The van der Waals surface area contributed by atoms with E-state index in [9.17, 15) is 9.18 Å². The molecule has 1 fully saturated rings. The van der Waals surface area contributed by atoms with Crippen LogP contribution in [0.5, 0.6) is 11.5 Å². The average Bonchev–Trinajstić information content (AvgIpc) is 3.11. The predicted octanol–water partition coefficient (Wildman–Crippen LogP) is 4.40. The predicted molar refractivity (Wildman–Crippen MR) is 110 cm³/mol. The van der Waals surface area contributed by atoms with Crippen molar-refractivity contribution in [2.45, 2.75) is 45.1 Å². The molecule has 0 bridgehead atoms. The van der Waals surface area contributed by atoms with E-state index in [4.69, 9.17) is 9.47 Å². The number of piperidine rings is 1. The van der Waals surface area contributed by atoms with Gasteiger partial charge >= 0.3 is 0 Å². The molecule has 0 N–H and O–H groups in total. The zero-order valence-corrected chi connectivity index (χ0v) is 16.9. The molecule has 0 spiro atoms. The first-order valence-corrected chi connectivity index (χ1v) is 10.5. The molecule has 4 nitrogen and oxygen atoms in total. The highest BCUT2D eigenvalue weighted by Gasteiger charge is 2.24. The van der Waals surface area contributed by atoms with Crippen molar-refractivity contribution in [1.29, 1.82) is 0 Å². The van der Waals surface area contributed by atoms with Crippen molar-refractivity contribution >= 4 is 5.91 Å². The fourth-order valence-electron chi connectivity index (χ4n) is 4.24. The summed E-state index contributed by atoms with van der Waals surface area (Å²) in [7, 11) is 0. The molecule has 2 atom stereocenters. The number of para-hydroxylation sites is 1. The number of likely N-dealkylation sites (tertiary alicyclic amines) is 1. The fourth-order valence-corrected chi connectivity index (χ4v) is 4.24. The maximum absolute atomic E-state index is 13.7. The average molecular weight is 397 g/mol. The van der Waals surface area contributed by atoms with E-state index in [1.165, 1.54) is 17.2 Å². The Hall–Kier alpha value is -2.56. The molecule has 2 aliphatic heterocycles. The van der Waals surface area contributed by atoms with Gasteiger partial charge in [0.1, 0.15) is 11.9 Å². The van der Waals surface area contributed by atoms with Gasteiger partial charge in [-0.3, -0.25) is 4.79 Å². The van der Waals surface area contributed by atoms with Gasteiger partial charge < -0.3 is 14.4 Å². The molecule has 154 valence electrons. The first kappa shape index (κ1) is 19.7. The second-order valence-electron chi connectivity index (χ2n) is 8.16. The molecule has 4 rings (SSSR count). The van der Waals surface area contributed by atoms with Crippen molar-refractivity contribution in [3.63, 3.8) is 0 Å². The van der Waals surface area contributed by atoms with Crippen molar-refractivity contribution in [3.05, 3.63) is 59.4 Å². The third-order valence-corrected chi connectivity index (χ3v) is 5.77. The van der Waals surface area contributed by atoms with Crippen LogP contribution in [0.3, 0.4) is 0 Å². The lowest BCUT2D eigenvalue weighted by atomic mass is 9.98. The number of halogens is 1. The van der Waals surface area contributed by atoms with Gasteiger partial charge in [0.15, 0.2) is 11.6 Å². The highest BCUT2D eigenvalue weighted by Crippen LogP contribution is 2.30. The van der Waals surface area contributed by atoms with Crippen LogP contribution in [0.25, 0.3) is 0 Å². The number of amides is 1. The molecule has 1 saturated heterocycles. The van der Waals surface area contributed by atoms with Crippen LogP contribution in [-0.4, -0.2) is 36.6 Å². The van der Waals surface area contributed by atoms with E-state index >= 15 is 0 Å². The third kappa shape index (κ3) is 4.89. The molecule has 0 radical (unpaired) electrons. The molecular formula is C24H28FNO3. The van der Waals surface area contributed by atoms with Crippen molar-refractivity contribution in [3.8, 4) is 11.5 Å².